The Morgan fingerprint density at radius 2 is 1.96 bits per heavy atom. The van der Waals surface area contributed by atoms with Crippen LogP contribution in [0.15, 0.2) is 48.5 Å². The molecule has 0 radical (unpaired) electrons. The molecule has 0 aliphatic carbocycles. The maximum absolute atomic E-state index is 11.5. The van der Waals surface area contributed by atoms with E-state index >= 15 is 0 Å². The summed E-state index contributed by atoms with van der Waals surface area (Å²) in [7, 11) is 0. The normalized spacial score (nSPS) is 9.61. The molecule has 0 saturated heterocycles. The van der Waals surface area contributed by atoms with Gasteiger partial charge in [-0.05, 0) is 17.7 Å². The van der Waals surface area contributed by atoms with Crippen molar-refractivity contribution in [3.8, 4) is 11.8 Å². The number of nitrogens with two attached hydrogens (primary N) is 1. The first kappa shape index (κ1) is 16.7. The van der Waals surface area contributed by atoms with Crippen molar-refractivity contribution in [3.05, 3.63) is 64.7 Å². The van der Waals surface area contributed by atoms with Crippen molar-refractivity contribution in [2.75, 3.05) is 12.3 Å². The number of nitrogen functional groups attached to an aromatic ring is 1. The molecule has 0 unspecified atom stereocenters. The van der Waals surface area contributed by atoms with Crippen molar-refractivity contribution in [1.82, 2.24) is 5.32 Å². The van der Waals surface area contributed by atoms with Crippen LogP contribution in [0, 0.1) is 11.8 Å². The molecular formula is C18H17ClN2O2. The van der Waals surface area contributed by atoms with Gasteiger partial charge in [0, 0.05) is 18.7 Å². The van der Waals surface area contributed by atoms with E-state index in [0.29, 0.717) is 29.2 Å². The zero-order chi connectivity index (χ0) is 16.5. The molecule has 0 heterocycles. The second-order valence-electron chi connectivity index (χ2n) is 4.74. The van der Waals surface area contributed by atoms with Gasteiger partial charge in [0.15, 0.2) is 0 Å². The minimum atomic E-state index is -0.465. The fourth-order valence-electron chi connectivity index (χ4n) is 1.82. The number of benzene rings is 2. The van der Waals surface area contributed by atoms with E-state index in [-0.39, 0.29) is 6.61 Å². The van der Waals surface area contributed by atoms with E-state index < -0.39 is 6.09 Å². The third-order valence-electron chi connectivity index (χ3n) is 2.99. The van der Waals surface area contributed by atoms with Crippen LogP contribution in [-0.2, 0) is 11.3 Å². The molecule has 0 saturated carbocycles. The van der Waals surface area contributed by atoms with Gasteiger partial charge >= 0.3 is 6.09 Å². The van der Waals surface area contributed by atoms with Crippen LogP contribution < -0.4 is 11.1 Å². The Morgan fingerprint density at radius 1 is 1.17 bits per heavy atom. The second kappa shape index (κ2) is 8.72. The monoisotopic (exact) mass is 328 g/mol. The number of amides is 1. The molecule has 0 aliphatic rings. The van der Waals surface area contributed by atoms with Crippen LogP contribution in [0.4, 0.5) is 10.5 Å². The lowest BCUT2D eigenvalue weighted by Crippen LogP contribution is -2.24. The number of carbonyl (C=O) groups excluding carboxylic acids is 1. The largest absolute Gasteiger partial charge is 0.445 e. The maximum Gasteiger partial charge on any atom is 0.407 e. The molecule has 4 nitrogen and oxygen atoms in total. The quantitative estimate of drug-likeness (QED) is 0.512. The minimum absolute atomic E-state index is 0.245. The molecule has 23 heavy (non-hydrogen) atoms. The lowest BCUT2D eigenvalue weighted by molar-refractivity contribution is 0.140. The van der Waals surface area contributed by atoms with Gasteiger partial charge in [0.1, 0.15) is 6.61 Å². The highest BCUT2D eigenvalue weighted by Crippen LogP contribution is 2.20. The third-order valence-corrected chi connectivity index (χ3v) is 3.31. The summed E-state index contributed by atoms with van der Waals surface area (Å²) in [5, 5.41) is 3.16. The van der Waals surface area contributed by atoms with E-state index in [2.05, 4.69) is 17.2 Å². The Hall–Kier alpha value is -2.64. The molecule has 0 spiro atoms. The van der Waals surface area contributed by atoms with Crippen LogP contribution in [0.3, 0.4) is 0 Å². The lowest BCUT2D eigenvalue weighted by Gasteiger charge is -2.05. The summed E-state index contributed by atoms with van der Waals surface area (Å²) in [6.07, 6.45) is 0.0124. The number of carbonyl (C=O) groups is 1. The molecule has 2 aromatic rings. The summed E-state index contributed by atoms with van der Waals surface area (Å²) in [6, 6.07) is 14.7. The Kier molecular flexibility index (Phi) is 6.34. The molecule has 0 aromatic heterocycles. The average Bonchev–Trinajstić information content (AvgIpc) is 2.56. The molecule has 3 N–H and O–H groups in total. The molecule has 0 fully saturated rings. The van der Waals surface area contributed by atoms with Crippen molar-refractivity contribution in [2.24, 2.45) is 0 Å². The zero-order valence-electron chi connectivity index (χ0n) is 12.5. The maximum atomic E-state index is 11.5. The average molecular weight is 329 g/mol. The fourth-order valence-corrected chi connectivity index (χ4v) is 2.05. The van der Waals surface area contributed by atoms with Gasteiger partial charge in [-0.15, -0.1) is 0 Å². The lowest BCUT2D eigenvalue weighted by atomic mass is 10.2. The molecule has 5 heteroatoms. The first-order chi connectivity index (χ1) is 11.2. The molecule has 0 aliphatic heterocycles. The molecule has 2 aromatic carbocycles. The van der Waals surface area contributed by atoms with Gasteiger partial charge in [0.05, 0.1) is 10.6 Å². The summed E-state index contributed by atoms with van der Waals surface area (Å²) >= 11 is 6.02. The topological polar surface area (TPSA) is 64.3 Å². The number of alkyl carbamates (subject to hydrolysis) is 1. The van der Waals surface area contributed by atoms with Gasteiger partial charge in [-0.3, -0.25) is 0 Å². The Bertz CT molecular complexity index is 701. The molecule has 2 rings (SSSR count). The number of hydrogen-bond donors (Lipinski definition) is 2. The van der Waals surface area contributed by atoms with E-state index in [9.17, 15) is 4.79 Å². The number of hydrogen-bond acceptors (Lipinski definition) is 3. The third kappa shape index (κ3) is 5.57. The highest BCUT2D eigenvalue weighted by Gasteiger charge is 2.01. The molecule has 0 atom stereocenters. The molecule has 118 valence electrons. The predicted molar refractivity (Wildman–Crippen MR) is 92.0 cm³/mol. The number of anilines is 1. The standard InChI is InChI=1S/C18H17ClN2O2/c19-16-10-6-11-17(20)15(16)9-4-5-12-21-18(22)23-13-14-7-2-1-3-8-14/h1-3,6-8,10-11H,5,12-13,20H2,(H,21,22). The van der Waals surface area contributed by atoms with Gasteiger partial charge < -0.3 is 15.8 Å². The first-order valence-electron chi connectivity index (χ1n) is 7.14. The summed E-state index contributed by atoms with van der Waals surface area (Å²) in [5.41, 5.74) is 7.90. The van der Waals surface area contributed by atoms with E-state index in [1.807, 2.05) is 30.3 Å². The predicted octanol–water partition coefficient (Wildman–Crippen LogP) is 3.59. The molecular weight excluding hydrogens is 312 g/mol. The summed E-state index contributed by atoms with van der Waals surface area (Å²) < 4.78 is 5.09. The van der Waals surface area contributed by atoms with E-state index in [1.54, 1.807) is 18.2 Å². The van der Waals surface area contributed by atoms with E-state index in [0.717, 1.165) is 5.56 Å². The molecule has 0 bridgehead atoms. The SMILES string of the molecule is Nc1cccc(Cl)c1C#CCCNC(=O)OCc1ccccc1. The van der Waals surface area contributed by atoms with Crippen molar-refractivity contribution in [2.45, 2.75) is 13.0 Å². The van der Waals surface area contributed by atoms with Crippen molar-refractivity contribution in [3.63, 3.8) is 0 Å². The van der Waals surface area contributed by atoms with Crippen LogP contribution in [0.1, 0.15) is 17.5 Å². The van der Waals surface area contributed by atoms with Crippen LogP contribution in [0.25, 0.3) is 0 Å². The number of nitrogens with one attached hydrogen (secondary N) is 1. The summed E-state index contributed by atoms with van der Waals surface area (Å²) in [5.74, 6) is 5.84. The minimum Gasteiger partial charge on any atom is -0.445 e. The van der Waals surface area contributed by atoms with Crippen molar-refractivity contribution in [1.29, 1.82) is 0 Å². The summed E-state index contributed by atoms with van der Waals surface area (Å²) in [4.78, 5) is 11.5. The number of ether oxygens (including phenoxy) is 1. The van der Waals surface area contributed by atoms with Gasteiger partial charge in [0.25, 0.3) is 0 Å². The smallest absolute Gasteiger partial charge is 0.407 e. The van der Waals surface area contributed by atoms with Crippen LogP contribution >= 0.6 is 11.6 Å². The van der Waals surface area contributed by atoms with Gasteiger partial charge in [-0.25, -0.2) is 4.79 Å². The number of rotatable bonds is 4. The van der Waals surface area contributed by atoms with Gasteiger partial charge in [-0.1, -0.05) is 59.8 Å². The Labute approximate surface area is 140 Å². The highest BCUT2D eigenvalue weighted by molar-refractivity contribution is 6.32. The zero-order valence-corrected chi connectivity index (χ0v) is 13.3. The van der Waals surface area contributed by atoms with Crippen molar-refractivity contribution < 1.29 is 9.53 Å². The van der Waals surface area contributed by atoms with Crippen LogP contribution in [0.2, 0.25) is 5.02 Å². The second-order valence-corrected chi connectivity index (χ2v) is 5.15. The van der Waals surface area contributed by atoms with Crippen molar-refractivity contribution >= 4 is 23.4 Å². The van der Waals surface area contributed by atoms with Gasteiger partial charge in [0.2, 0.25) is 0 Å². The molecule has 1 amide bonds. The van der Waals surface area contributed by atoms with Crippen LogP contribution in [-0.4, -0.2) is 12.6 Å². The summed E-state index contributed by atoms with van der Waals surface area (Å²) in [6.45, 7) is 0.638. The van der Waals surface area contributed by atoms with E-state index in [1.165, 1.54) is 0 Å². The Morgan fingerprint density at radius 3 is 2.70 bits per heavy atom. The Balaban J connectivity index is 1.71. The van der Waals surface area contributed by atoms with E-state index in [4.69, 9.17) is 22.1 Å². The van der Waals surface area contributed by atoms with Crippen LogP contribution in [0.5, 0.6) is 0 Å². The number of halogens is 1. The fraction of sp³-hybridized carbons (Fsp3) is 0.167. The first-order valence-corrected chi connectivity index (χ1v) is 7.52. The van der Waals surface area contributed by atoms with Gasteiger partial charge in [-0.2, -0.15) is 0 Å². The highest BCUT2D eigenvalue weighted by atomic mass is 35.5.